The van der Waals surface area contributed by atoms with E-state index < -0.39 is 6.09 Å². The van der Waals surface area contributed by atoms with E-state index in [0.717, 1.165) is 0 Å². The number of anilines is 1. The van der Waals surface area contributed by atoms with Crippen molar-refractivity contribution >= 4 is 17.7 Å². The van der Waals surface area contributed by atoms with E-state index in [0.29, 0.717) is 5.69 Å². The summed E-state index contributed by atoms with van der Waals surface area (Å²) in [6, 6.07) is 0. The molecule has 0 aromatic carbocycles. The quantitative estimate of drug-likeness (QED) is 0.625. The Kier molecular flexibility index (Phi) is 4.95. The van der Waals surface area contributed by atoms with Crippen molar-refractivity contribution < 1.29 is 19.4 Å². The van der Waals surface area contributed by atoms with Gasteiger partial charge in [-0.2, -0.15) is 5.10 Å². The number of hydrogen-bond acceptors (Lipinski definition) is 5. The molecule has 2 amide bonds. The Balaban J connectivity index is 2.45. The van der Waals surface area contributed by atoms with E-state index in [1.54, 1.807) is 0 Å². The van der Waals surface area contributed by atoms with Crippen molar-refractivity contribution in [3.63, 3.8) is 0 Å². The van der Waals surface area contributed by atoms with Gasteiger partial charge >= 0.3 is 6.09 Å². The highest BCUT2D eigenvalue weighted by Crippen LogP contribution is 2.04. The normalized spacial score (nSPS) is 9.76. The zero-order valence-electron chi connectivity index (χ0n) is 9.34. The monoisotopic (exact) mass is 242 g/mol. The van der Waals surface area contributed by atoms with Gasteiger partial charge in [-0.05, 0) is 0 Å². The molecule has 0 spiro atoms. The lowest BCUT2D eigenvalue weighted by Gasteiger charge is -2.02. The van der Waals surface area contributed by atoms with Gasteiger partial charge in [0.25, 0.3) is 0 Å². The van der Waals surface area contributed by atoms with Crippen molar-refractivity contribution in [2.75, 3.05) is 25.6 Å². The third-order valence-electron chi connectivity index (χ3n) is 1.79. The maximum Gasteiger partial charge on any atom is 0.411 e. The highest BCUT2D eigenvalue weighted by atomic mass is 16.6. The van der Waals surface area contributed by atoms with Gasteiger partial charge in [-0.15, -0.1) is 0 Å². The molecule has 1 aromatic heterocycles. The minimum Gasteiger partial charge on any atom is -0.447 e. The first-order valence-corrected chi connectivity index (χ1v) is 4.93. The molecule has 0 aliphatic rings. The number of hydrogen-bond donors (Lipinski definition) is 3. The molecular formula is C9H14N4O4. The van der Waals surface area contributed by atoms with Crippen LogP contribution in [0.5, 0.6) is 0 Å². The van der Waals surface area contributed by atoms with Gasteiger partial charge in [0.1, 0.15) is 13.2 Å². The highest BCUT2D eigenvalue weighted by molar-refractivity contribution is 5.84. The van der Waals surface area contributed by atoms with Crippen LogP contribution in [0, 0.1) is 0 Å². The second-order valence-corrected chi connectivity index (χ2v) is 3.08. The lowest BCUT2D eigenvalue weighted by Crippen LogP contribution is -2.23. The molecule has 94 valence electrons. The Hall–Kier alpha value is -2.09. The van der Waals surface area contributed by atoms with Gasteiger partial charge in [-0.25, -0.2) is 4.79 Å². The Morgan fingerprint density at radius 2 is 2.35 bits per heavy atom. The highest BCUT2D eigenvalue weighted by Gasteiger charge is 2.06. The van der Waals surface area contributed by atoms with Crippen LogP contribution in [0.1, 0.15) is 0 Å². The second kappa shape index (κ2) is 6.48. The lowest BCUT2D eigenvalue weighted by molar-refractivity contribution is -0.121. The van der Waals surface area contributed by atoms with Crippen LogP contribution in [0.2, 0.25) is 0 Å². The van der Waals surface area contributed by atoms with Crippen molar-refractivity contribution in [1.29, 1.82) is 0 Å². The van der Waals surface area contributed by atoms with E-state index in [2.05, 4.69) is 20.5 Å². The number of nitrogens with one attached hydrogen (secondary N) is 2. The number of aliphatic hydroxyl groups is 1. The Labute approximate surface area is 97.6 Å². The molecule has 0 aliphatic heterocycles. The number of aromatic nitrogens is 2. The summed E-state index contributed by atoms with van der Waals surface area (Å²) < 4.78 is 5.97. The zero-order valence-corrected chi connectivity index (χ0v) is 9.34. The third-order valence-corrected chi connectivity index (χ3v) is 1.79. The molecule has 0 bridgehead atoms. The molecular weight excluding hydrogens is 228 g/mol. The summed E-state index contributed by atoms with van der Waals surface area (Å²) in [7, 11) is 1.53. The molecule has 0 saturated carbocycles. The van der Waals surface area contributed by atoms with Crippen LogP contribution in [-0.2, 0) is 16.1 Å². The van der Waals surface area contributed by atoms with Crippen LogP contribution in [0.15, 0.2) is 12.4 Å². The Morgan fingerprint density at radius 3 is 3.00 bits per heavy atom. The number of carbonyl (C=O) groups is 2. The largest absolute Gasteiger partial charge is 0.447 e. The van der Waals surface area contributed by atoms with E-state index >= 15 is 0 Å². The summed E-state index contributed by atoms with van der Waals surface area (Å²) >= 11 is 0. The topological polar surface area (TPSA) is 105 Å². The smallest absolute Gasteiger partial charge is 0.411 e. The molecule has 17 heavy (non-hydrogen) atoms. The number of likely N-dealkylation sites (N-methyl/N-ethyl adjacent to an activating group) is 1. The fraction of sp³-hybridized carbons (Fsp3) is 0.444. The van der Waals surface area contributed by atoms with Crippen LogP contribution >= 0.6 is 0 Å². The molecule has 1 aromatic rings. The minimum absolute atomic E-state index is 0.0712. The maximum absolute atomic E-state index is 11.1. The Morgan fingerprint density at radius 1 is 1.59 bits per heavy atom. The third kappa shape index (κ3) is 4.51. The molecule has 3 N–H and O–H groups in total. The van der Waals surface area contributed by atoms with Crippen molar-refractivity contribution in [2.24, 2.45) is 0 Å². The van der Waals surface area contributed by atoms with Gasteiger partial charge in [-0.1, -0.05) is 0 Å². The first-order chi connectivity index (χ1) is 8.15. The SMILES string of the molecule is CNC(=O)Cn1cc(NC(=O)OCCO)cn1. The number of nitrogens with zero attached hydrogens (tertiary/aromatic N) is 2. The number of ether oxygens (including phenoxy) is 1. The van der Waals surface area contributed by atoms with Gasteiger partial charge in [-0.3, -0.25) is 14.8 Å². The molecule has 1 heterocycles. The lowest BCUT2D eigenvalue weighted by atomic mass is 10.5. The average Bonchev–Trinajstić information content (AvgIpc) is 2.73. The van der Waals surface area contributed by atoms with Gasteiger partial charge in [0.15, 0.2) is 0 Å². The van der Waals surface area contributed by atoms with Crippen LogP contribution in [-0.4, -0.2) is 47.1 Å². The fourth-order valence-electron chi connectivity index (χ4n) is 1.03. The summed E-state index contributed by atoms with van der Waals surface area (Å²) in [6.07, 6.45) is 2.21. The van der Waals surface area contributed by atoms with Crippen LogP contribution in [0.4, 0.5) is 10.5 Å². The Bertz CT molecular complexity index is 390. The van der Waals surface area contributed by atoms with E-state index in [1.165, 1.54) is 24.1 Å². The first kappa shape index (κ1) is 13.0. The van der Waals surface area contributed by atoms with Gasteiger partial charge in [0.05, 0.1) is 18.5 Å². The van der Waals surface area contributed by atoms with E-state index in [4.69, 9.17) is 5.11 Å². The number of carbonyl (C=O) groups excluding carboxylic acids is 2. The molecule has 0 fully saturated rings. The average molecular weight is 242 g/mol. The van der Waals surface area contributed by atoms with Crippen molar-refractivity contribution in [1.82, 2.24) is 15.1 Å². The zero-order chi connectivity index (χ0) is 12.7. The number of aliphatic hydroxyl groups excluding tert-OH is 1. The molecule has 1 rings (SSSR count). The van der Waals surface area contributed by atoms with Gasteiger partial charge in [0.2, 0.25) is 5.91 Å². The van der Waals surface area contributed by atoms with Crippen LogP contribution < -0.4 is 10.6 Å². The minimum atomic E-state index is -0.682. The molecule has 8 heteroatoms. The van der Waals surface area contributed by atoms with Gasteiger partial charge in [0, 0.05) is 13.2 Å². The number of rotatable bonds is 5. The standard InChI is InChI=1S/C9H14N4O4/c1-10-8(15)6-13-5-7(4-11-13)12-9(16)17-3-2-14/h4-5,14H,2-3,6H2,1H3,(H,10,15)(H,12,16). The first-order valence-electron chi connectivity index (χ1n) is 4.93. The second-order valence-electron chi connectivity index (χ2n) is 3.08. The fourth-order valence-corrected chi connectivity index (χ4v) is 1.03. The predicted octanol–water partition coefficient (Wildman–Crippen LogP) is -0.830. The molecule has 8 nitrogen and oxygen atoms in total. The van der Waals surface area contributed by atoms with Crippen molar-refractivity contribution in [3.8, 4) is 0 Å². The molecule has 0 saturated heterocycles. The number of amides is 2. The summed E-state index contributed by atoms with van der Waals surface area (Å²) in [5.41, 5.74) is 0.414. The summed E-state index contributed by atoms with van der Waals surface area (Å²) in [6.45, 7) is -0.231. The van der Waals surface area contributed by atoms with E-state index in [-0.39, 0.29) is 25.7 Å². The molecule has 0 unspecified atom stereocenters. The molecule has 0 atom stereocenters. The summed E-state index contributed by atoms with van der Waals surface area (Å²) in [5.74, 6) is -0.192. The predicted molar refractivity (Wildman–Crippen MR) is 58.4 cm³/mol. The van der Waals surface area contributed by atoms with Gasteiger partial charge < -0.3 is 15.2 Å². The molecule has 0 radical (unpaired) electrons. The summed E-state index contributed by atoms with van der Waals surface area (Å²) in [5, 5.41) is 17.2. The van der Waals surface area contributed by atoms with Crippen molar-refractivity contribution in [3.05, 3.63) is 12.4 Å². The van der Waals surface area contributed by atoms with E-state index in [1.807, 2.05) is 0 Å². The molecule has 0 aliphatic carbocycles. The van der Waals surface area contributed by atoms with Crippen LogP contribution in [0.25, 0.3) is 0 Å². The van der Waals surface area contributed by atoms with Crippen LogP contribution in [0.3, 0.4) is 0 Å². The summed E-state index contributed by atoms with van der Waals surface area (Å²) in [4.78, 5) is 22.1. The van der Waals surface area contributed by atoms with Crippen molar-refractivity contribution in [2.45, 2.75) is 6.54 Å². The van der Waals surface area contributed by atoms with E-state index in [9.17, 15) is 9.59 Å². The maximum atomic E-state index is 11.1.